The Kier molecular flexibility index (Phi) is 5.61. The third-order valence-corrected chi connectivity index (χ3v) is 5.98. The molecule has 30 heavy (non-hydrogen) atoms. The lowest BCUT2D eigenvalue weighted by Crippen LogP contribution is -2.49. The van der Waals surface area contributed by atoms with Crippen molar-refractivity contribution in [3.05, 3.63) is 53.2 Å². The predicted molar refractivity (Wildman–Crippen MR) is 118 cm³/mol. The number of pyridine rings is 1. The summed E-state index contributed by atoms with van der Waals surface area (Å²) in [7, 11) is 0. The molecule has 158 valence electrons. The molecule has 2 aromatic rings. The zero-order valence-corrected chi connectivity index (χ0v) is 17.9. The summed E-state index contributed by atoms with van der Waals surface area (Å²) in [4.78, 5) is 35.5. The van der Waals surface area contributed by atoms with Gasteiger partial charge in [0.1, 0.15) is 5.82 Å². The maximum Gasteiger partial charge on any atom is 0.322 e. The Hall–Kier alpha value is -3.09. The van der Waals surface area contributed by atoms with Crippen molar-refractivity contribution in [2.24, 2.45) is 0 Å². The summed E-state index contributed by atoms with van der Waals surface area (Å²) in [5.74, 6) is 1.05. The van der Waals surface area contributed by atoms with Crippen LogP contribution in [0.25, 0.3) is 0 Å². The van der Waals surface area contributed by atoms with Gasteiger partial charge < -0.3 is 15.1 Å². The molecule has 1 unspecified atom stereocenters. The van der Waals surface area contributed by atoms with Crippen LogP contribution in [-0.4, -0.2) is 60.6 Å². The number of aromatic nitrogens is 1. The Balaban J connectivity index is 1.39. The van der Waals surface area contributed by atoms with Crippen LogP contribution in [0.5, 0.6) is 0 Å². The van der Waals surface area contributed by atoms with E-state index >= 15 is 0 Å². The van der Waals surface area contributed by atoms with E-state index in [1.165, 1.54) is 11.1 Å². The van der Waals surface area contributed by atoms with Gasteiger partial charge in [-0.25, -0.2) is 9.78 Å². The van der Waals surface area contributed by atoms with Gasteiger partial charge in [-0.15, -0.1) is 0 Å². The largest absolute Gasteiger partial charge is 0.353 e. The minimum absolute atomic E-state index is 0.0335. The lowest BCUT2D eigenvalue weighted by atomic mass is 10.1. The number of piperazine rings is 1. The fourth-order valence-corrected chi connectivity index (χ4v) is 4.20. The van der Waals surface area contributed by atoms with Crippen LogP contribution >= 0.6 is 0 Å². The Bertz CT molecular complexity index is 935. The van der Waals surface area contributed by atoms with Crippen molar-refractivity contribution >= 4 is 23.4 Å². The van der Waals surface area contributed by atoms with Gasteiger partial charge in [-0.05, 0) is 55.7 Å². The average Bonchev–Trinajstić information content (AvgIpc) is 3.11. The molecule has 2 saturated heterocycles. The first-order valence-corrected chi connectivity index (χ1v) is 10.6. The SMILES string of the molecule is CCc1cnc(N2CCN(C(=O)c3ccc(N4C(=O)NCC4C)cc3)CC2)c(C)c1. The molecule has 1 atom stereocenters. The second kappa shape index (κ2) is 8.34. The van der Waals surface area contributed by atoms with Gasteiger partial charge in [0, 0.05) is 50.2 Å². The van der Waals surface area contributed by atoms with Crippen LogP contribution in [0.1, 0.15) is 35.3 Å². The number of benzene rings is 1. The van der Waals surface area contributed by atoms with Crippen LogP contribution < -0.4 is 15.1 Å². The van der Waals surface area contributed by atoms with Gasteiger partial charge >= 0.3 is 6.03 Å². The lowest BCUT2D eigenvalue weighted by molar-refractivity contribution is 0.0746. The van der Waals surface area contributed by atoms with E-state index in [0.717, 1.165) is 31.0 Å². The number of aryl methyl sites for hydroxylation is 2. The van der Waals surface area contributed by atoms with Gasteiger partial charge in [-0.2, -0.15) is 0 Å². The highest BCUT2D eigenvalue weighted by atomic mass is 16.2. The summed E-state index contributed by atoms with van der Waals surface area (Å²) in [5.41, 5.74) is 3.90. The number of urea groups is 1. The van der Waals surface area contributed by atoms with Gasteiger partial charge in [0.05, 0.1) is 6.04 Å². The van der Waals surface area contributed by atoms with Crippen molar-refractivity contribution in [2.45, 2.75) is 33.2 Å². The third-order valence-electron chi connectivity index (χ3n) is 5.98. The summed E-state index contributed by atoms with van der Waals surface area (Å²) >= 11 is 0. The molecule has 1 N–H and O–H groups in total. The number of amides is 3. The lowest BCUT2D eigenvalue weighted by Gasteiger charge is -2.36. The second-order valence-corrected chi connectivity index (χ2v) is 8.07. The van der Waals surface area contributed by atoms with Crippen LogP contribution in [0.4, 0.5) is 16.3 Å². The van der Waals surface area contributed by atoms with Gasteiger partial charge in [-0.1, -0.05) is 13.0 Å². The van der Waals surface area contributed by atoms with Crippen LogP contribution in [0.3, 0.4) is 0 Å². The molecule has 0 bridgehead atoms. The smallest absolute Gasteiger partial charge is 0.322 e. The number of carbonyl (C=O) groups is 2. The van der Waals surface area contributed by atoms with E-state index in [1.807, 2.05) is 42.3 Å². The number of nitrogens with zero attached hydrogens (tertiary/aromatic N) is 4. The van der Waals surface area contributed by atoms with E-state index in [4.69, 9.17) is 0 Å². The standard InChI is InChI=1S/C23H29N5O2/c1-4-18-13-16(2)21(24-15-18)26-9-11-27(12-10-26)22(29)19-5-7-20(8-6-19)28-17(3)14-25-23(28)30/h5-8,13,15,17H,4,9-12,14H2,1-3H3,(H,25,30). The quantitative estimate of drug-likeness (QED) is 0.846. The molecule has 0 aliphatic carbocycles. The molecule has 3 heterocycles. The number of anilines is 2. The molecule has 7 heteroatoms. The molecule has 0 radical (unpaired) electrons. The number of carbonyl (C=O) groups excluding carboxylic acids is 2. The molecule has 1 aromatic carbocycles. The summed E-state index contributed by atoms with van der Waals surface area (Å²) in [6.07, 6.45) is 2.93. The summed E-state index contributed by atoms with van der Waals surface area (Å²) in [6, 6.07) is 9.56. The highest BCUT2D eigenvalue weighted by Gasteiger charge is 2.29. The van der Waals surface area contributed by atoms with Crippen molar-refractivity contribution in [2.75, 3.05) is 42.5 Å². The van der Waals surface area contributed by atoms with E-state index < -0.39 is 0 Å². The highest BCUT2D eigenvalue weighted by molar-refractivity contribution is 5.97. The summed E-state index contributed by atoms with van der Waals surface area (Å²) < 4.78 is 0. The topological polar surface area (TPSA) is 68.8 Å². The molecule has 1 aromatic heterocycles. The molecular weight excluding hydrogens is 378 g/mol. The van der Waals surface area contributed by atoms with Gasteiger partial charge in [0.2, 0.25) is 0 Å². The Morgan fingerprint density at radius 3 is 2.43 bits per heavy atom. The molecule has 2 fully saturated rings. The van der Waals surface area contributed by atoms with E-state index in [9.17, 15) is 9.59 Å². The predicted octanol–water partition coefficient (Wildman–Crippen LogP) is 2.83. The summed E-state index contributed by atoms with van der Waals surface area (Å²) in [5, 5.41) is 2.84. The number of rotatable bonds is 4. The van der Waals surface area contributed by atoms with Crippen molar-refractivity contribution in [1.82, 2.24) is 15.2 Å². The van der Waals surface area contributed by atoms with Crippen molar-refractivity contribution < 1.29 is 9.59 Å². The van der Waals surface area contributed by atoms with Crippen molar-refractivity contribution in [3.8, 4) is 0 Å². The highest BCUT2D eigenvalue weighted by Crippen LogP contribution is 2.23. The van der Waals surface area contributed by atoms with Gasteiger partial charge in [0.25, 0.3) is 5.91 Å². The Morgan fingerprint density at radius 2 is 1.87 bits per heavy atom. The molecule has 7 nitrogen and oxygen atoms in total. The fourth-order valence-electron chi connectivity index (χ4n) is 4.20. The molecule has 4 rings (SSSR count). The molecule has 0 spiro atoms. The van der Waals surface area contributed by atoms with Crippen LogP contribution in [0.2, 0.25) is 0 Å². The maximum absolute atomic E-state index is 13.0. The first-order valence-electron chi connectivity index (χ1n) is 10.6. The van der Waals surface area contributed by atoms with Gasteiger partial charge in [-0.3, -0.25) is 9.69 Å². The first kappa shape index (κ1) is 20.2. The van der Waals surface area contributed by atoms with Crippen LogP contribution in [-0.2, 0) is 6.42 Å². The maximum atomic E-state index is 13.0. The van der Waals surface area contributed by atoms with Crippen LogP contribution in [0.15, 0.2) is 36.5 Å². The average molecular weight is 408 g/mol. The second-order valence-electron chi connectivity index (χ2n) is 8.07. The molecule has 3 amide bonds. The van der Waals surface area contributed by atoms with Crippen LogP contribution in [0, 0.1) is 6.92 Å². The minimum Gasteiger partial charge on any atom is -0.353 e. The third kappa shape index (κ3) is 3.84. The zero-order valence-electron chi connectivity index (χ0n) is 17.9. The monoisotopic (exact) mass is 407 g/mol. The van der Waals surface area contributed by atoms with Crippen molar-refractivity contribution in [1.29, 1.82) is 0 Å². The van der Waals surface area contributed by atoms with E-state index in [-0.39, 0.29) is 18.0 Å². The van der Waals surface area contributed by atoms with E-state index in [1.54, 1.807) is 4.90 Å². The Labute approximate surface area is 177 Å². The minimum atomic E-state index is -0.0893. The number of hydrogen-bond acceptors (Lipinski definition) is 4. The van der Waals surface area contributed by atoms with Gasteiger partial charge in [0.15, 0.2) is 0 Å². The Morgan fingerprint density at radius 1 is 1.17 bits per heavy atom. The normalized spacial score (nSPS) is 19.2. The zero-order chi connectivity index (χ0) is 21.3. The number of nitrogens with one attached hydrogen (secondary N) is 1. The van der Waals surface area contributed by atoms with E-state index in [2.05, 4.69) is 35.1 Å². The molecular formula is C23H29N5O2. The summed E-state index contributed by atoms with van der Waals surface area (Å²) in [6.45, 7) is 9.76. The molecule has 2 aliphatic rings. The van der Waals surface area contributed by atoms with Crippen molar-refractivity contribution in [3.63, 3.8) is 0 Å². The number of hydrogen-bond donors (Lipinski definition) is 1. The molecule has 0 saturated carbocycles. The first-order chi connectivity index (χ1) is 14.5. The van der Waals surface area contributed by atoms with E-state index in [0.29, 0.717) is 25.2 Å². The molecule has 2 aliphatic heterocycles. The fraction of sp³-hybridized carbons (Fsp3) is 0.435.